The number of nitrogens with zero attached hydrogens (tertiary/aromatic N) is 1. The Morgan fingerprint density at radius 2 is 2.15 bits per heavy atom. The maximum Gasteiger partial charge on any atom is 0.0398 e. The Kier molecular flexibility index (Phi) is 4.02. The van der Waals surface area contributed by atoms with Crippen LogP contribution in [0.25, 0.3) is 0 Å². The van der Waals surface area contributed by atoms with Gasteiger partial charge in [0.25, 0.3) is 0 Å². The number of rotatable bonds is 3. The van der Waals surface area contributed by atoms with Gasteiger partial charge in [0.2, 0.25) is 0 Å². The van der Waals surface area contributed by atoms with Gasteiger partial charge in [0.1, 0.15) is 0 Å². The summed E-state index contributed by atoms with van der Waals surface area (Å²) < 4.78 is 0. The Morgan fingerprint density at radius 1 is 1.30 bits per heavy atom. The van der Waals surface area contributed by atoms with E-state index in [1.54, 1.807) is 0 Å². The molecule has 1 heterocycles. The molecule has 2 aliphatic rings. The molecule has 0 aromatic heterocycles. The summed E-state index contributed by atoms with van der Waals surface area (Å²) in [4.78, 5) is 2.61. The molecule has 0 bridgehead atoms. The van der Waals surface area contributed by atoms with Crippen molar-refractivity contribution in [2.75, 3.05) is 24.5 Å². The second-order valence-corrected chi connectivity index (χ2v) is 7.06. The standard InChI is InChI=1S/C18H28N2/c1-15-6-4-10-18(12-15,13-19)14-20-11-5-8-16-7-2-3-9-17(16)20/h2-3,7,9,15H,4-6,8,10-14,19H2,1H3. The fourth-order valence-electron chi connectivity index (χ4n) is 4.34. The number of para-hydroxylation sites is 1. The average molecular weight is 272 g/mol. The van der Waals surface area contributed by atoms with Crippen molar-refractivity contribution in [3.8, 4) is 0 Å². The zero-order valence-corrected chi connectivity index (χ0v) is 12.8. The molecular formula is C18H28N2. The van der Waals surface area contributed by atoms with Crippen molar-refractivity contribution in [1.82, 2.24) is 0 Å². The molecule has 0 radical (unpaired) electrons. The van der Waals surface area contributed by atoms with Crippen LogP contribution in [0.5, 0.6) is 0 Å². The lowest BCUT2D eigenvalue weighted by Gasteiger charge is -2.44. The van der Waals surface area contributed by atoms with Crippen molar-refractivity contribution in [2.24, 2.45) is 17.1 Å². The van der Waals surface area contributed by atoms with Crippen LogP contribution in [0.2, 0.25) is 0 Å². The molecule has 1 aliphatic heterocycles. The topological polar surface area (TPSA) is 29.3 Å². The average Bonchev–Trinajstić information content (AvgIpc) is 2.48. The Bertz CT molecular complexity index is 456. The smallest absolute Gasteiger partial charge is 0.0398 e. The van der Waals surface area contributed by atoms with E-state index in [2.05, 4.69) is 36.1 Å². The summed E-state index contributed by atoms with van der Waals surface area (Å²) >= 11 is 0. The predicted molar refractivity (Wildman–Crippen MR) is 86.1 cm³/mol. The number of hydrogen-bond donors (Lipinski definition) is 1. The summed E-state index contributed by atoms with van der Waals surface area (Å²) in [7, 11) is 0. The quantitative estimate of drug-likeness (QED) is 0.911. The van der Waals surface area contributed by atoms with Crippen LogP contribution in [0.1, 0.15) is 44.6 Å². The van der Waals surface area contributed by atoms with Crippen molar-refractivity contribution in [2.45, 2.75) is 45.4 Å². The van der Waals surface area contributed by atoms with Gasteiger partial charge in [0, 0.05) is 24.2 Å². The van der Waals surface area contributed by atoms with Crippen LogP contribution in [0, 0.1) is 11.3 Å². The maximum atomic E-state index is 6.21. The molecule has 0 saturated heterocycles. The SMILES string of the molecule is CC1CCCC(CN)(CN2CCCc3ccccc32)C1. The summed E-state index contributed by atoms with van der Waals surface area (Å²) in [5.74, 6) is 0.840. The molecule has 2 nitrogen and oxygen atoms in total. The first-order valence-electron chi connectivity index (χ1n) is 8.25. The molecule has 0 amide bonds. The van der Waals surface area contributed by atoms with Gasteiger partial charge in [-0.05, 0) is 49.8 Å². The Morgan fingerprint density at radius 3 is 2.95 bits per heavy atom. The second-order valence-electron chi connectivity index (χ2n) is 7.06. The molecule has 2 heteroatoms. The van der Waals surface area contributed by atoms with Gasteiger partial charge >= 0.3 is 0 Å². The van der Waals surface area contributed by atoms with Crippen LogP contribution >= 0.6 is 0 Å². The summed E-state index contributed by atoms with van der Waals surface area (Å²) in [6, 6.07) is 8.94. The first-order chi connectivity index (χ1) is 9.72. The Balaban J connectivity index is 1.80. The van der Waals surface area contributed by atoms with E-state index in [-0.39, 0.29) is 0 Å². The van der Waals surface area contributed by atoms with E-state index in [0.717, 1.165) is 19.0 Å². The van der Waals surface area contributed by atoms with Crippen molar-refractivity contribution in [3.05, 3.63) is 29.8 Å². The Labute approximate surface area is 123 Å². The van der Waals surface area contributed by atoms with Crippen molar-refractivity contribution >= 4 is 5.69 Å². The van der Waals surface area contributed by atoms with Gasteiger partial charge in [-0.1, -0.05) is 38.0 Å². The number of hydrogen-bond acceptors (Lipinski definition) is 2. The van der Waals surface area contributed by atoms with Crippen LogP contribution in [0.4, 0.5) is 5.69 Å². The van der Waals surface area contributed by atoms with Gasteiger partial charge in [-0.3, -0.25) is 0 Å². The maximum absolute atomic E-state index is 6.21. The second kappa shape index (κ2) is 5.77. The summed E-state index contributed by atoms with van der Waals surface area (Å²) in [5, 5.41) is 0. The fraction of sp³-hybridized carbons (Fsp3) is 0.667. The highest BCUT2D eigenvalue weighted by atomic mass is 15.1. The molecule has 1 fully saturated rings. The number of benzene rings is 1. The zero-order chi connectivity index (χ0) is 14.0. The fourth-order valence-corrected chi connectivity index (χ4v) is 4.34. The molecule has 3 rings (SSSR count). The first kappa shape index (κ1) is 13.9. The molecular weight excluding hydrogens is 244 g/mol. The zero-order valence-electron chi connectivity index (χ0n) is 12.8. The van der Waals surface area contributed by atoms with Gasteiger partial charge in [0.15, 0.2) is 0 Å². The largest absolute Gasteiger partial charge is 0.371 e. The number of nitrogens with two attached hydrogens (primary N) is 1. The van der Waals surface area contributed by atoms with Gasteiger partial charge < -0.3 is 10.6 Å². The van der Waals surface area contributed by atoms with E-state index in [1.165, 1.54) is 56.3 Å². The minimum Gasteiger partial charge on any atom is -0.371 e. The van der Waals surface area contributed by atoms with E-state index >= 15 is 0 Å². The van der Waals surface area contributed by atoms with Gasteiger partial charge in [-0.15, -0.1) is 0 Å². The predicted octanol–water partition coefficient (Wildman–Crippen LogP) is 3.59. The number of fused-ring (bicyclic) bond motifs is 1. The highest BCUT2D eigenvalue weighted by Gasteiger charge is 2.36. The van der Waals surface area contributed by atoms with E-state index in [9.17, 15) is 0 Å². The summed E-state index contributed by atoms with van der Waals surface area (Å²) in [6.07, 6.45) is 7.88. The highest BCUT2D eigenvalue weighted by molar-refractivity contribution is 5.55. The molecule has 1 saturated carbocycles. The third kappa shape index (κ3) is 2.71. The van der Waals surface area contributed by atoms with E-state index in [1.807, 2.05) is 0 Å². The van der Waals surface area contributed by atoms with Crippen molar-refractivity contribution in [1.29, 1.82) is 0 Å². The lowest BCUT2D eigenvalue weighted by Crippen LogP contribution is -2.46. The lowest BCUT2D eigenvalue weighted by atomic mass is 9.69. The molecule has 2 atom stereocenters. The van der Waals surface area contributed by atoms with Crippen molar-refractivity contribution in [3.63, 3.8) is 0 Å². The highest BCUT2D eigenvalue weighted by Crippen LogP contribution is 2.41. The van der Waals surface area contributed by atoms with Crippen LogP contribution in [-0.2, 0) is 6.42 Å². The number of anilines is 1. The van der Waals surface area contributed by atoms with E-state index < -0.39 is 0 Å². The van der Waals surface area contributed by atoms with E-state index in [4.69, 9.17) is 5.73 Å². The number of aryl methyl sites for hydroxylation is 1. The van der Waals surface area contributed by atoms with Crippen molar-refractivity contribution < 1.29 is 0 Å². The summed E-state index contributed by atoms with van der Waals surface area (Å²) in [5.41, 5.74) is 9.55. The third-order valence-corrected chi connectivity index (χ3v) is 5.35. The molecule has 110 valence electrons. The molecule has 20 heavy (non-hydrogen) atoms. The molecule has 0 spiro atoms. The molecule has 1 aromatic rings. The normalized spacial score (nSPS) is 30.1. The van der Waals surface area contributed by atoms with Crippen LogP contribution < -0.4 is 10.6 Å². The summed E-state index contributed by atoms with van der Waals surface area (Å²) in [6.45, 7) is 5.60. The monoisotopic (exact) mass is 272 g/mol. The molecule has 2 N–H and O–H groups in total. The molecule has 1 aliphatic carbocycles. The Hall–Kier alpha value is -1.02. The molecule has 1 aromatic carbocycles. The molecule has 2 unspecified atom stereocenters. The van der Waals surface area contributed by atoms with Crippen LogP contribution in [-0.4, -0.2) is 19.6 Å². The van der Waals surface area contributed by atoms with Crippen LogP contribution in [0.15, 0.2) is 24.3 Å². The minimum atomic E-state index is 0.349. The van der Waals surface area contributed by atoms with Crippen LogP contribution in [0.3, 0.4) is 0 Å². The van der Waals surface area contributed by atoms with E-state index in [0.29, 0.717) is 5.41 Å². The van der Waals surface area contributed by atoms with Gasteiger partial charge in [-0.25, -0.2) is 0 Å². The first-order valence-corrected chi connectivity index (χ1v) is 8.25. The third-order valence-electron chi connectivity index (χ3n) is 5.35. The minimum absolute atomic E-state index is 0.349. The lowest BCUT2D eigenvalue weighted by molar-refractivity contribution is 0.159. The van der Waals surface area contributed by atoms with Gasteiger partial charge in [0.05, 0.1) is 0 Å². The van der Waals surface area contributed by atoms with Gasteiger partial charge in [-0.2, -0.15) is 0 Å².